The zero-order valence-corrected chi connectivity index (χ0v) is 12.0. The Morgan fingerprint density at radius 1 is 1.32 bits per heavy atom. The van der Waals surface area contributed by atoms with Crippen LogP contribution in [0.4, 0.5) is 8.78 Å². The second-order valence-corrected chi connectivity index (χ2v) is 5.33. The molecule has 0 aliphatic carbocycles. The van der Waals surface area contributed by atoms with E-state index in [0.717, 1.165) is 18.9 Å². The maximum absolute atomic E-state index is 13.6. The molecule has 0 bridgehead atoms. The molecule has 1 amide bonds. The van der Waals surface area contributed by atoms with E-state index in [2.05, 4.69) is 15.9 Å². The van der Waals surface area contributed by atoms with Gasteiger partial charge in [-0.3, -0.25) is 4.79 Å². The Morgan fingerprint density at radius 2 is 1.95 bits per heavy atom. The van der Waals surface area contributed by atoms with Gasteiger partial charge in [0.25, 0.3) is 5.91 Å². The lowest BCUT2D eigenvalue weighted by atomic mass is 10.1. The second-order valence-electron chi connectivity index (χ2n) is 4.47. The summed E-state index contributed by atoms with van der Waals surface area (Å²) in [5.41, 5.74) is -0.107. The van der Waals surface area contributed by atoms with E-state index in [0.29, 0.717) is 13.1 Å². The zero-order valence-electron chi connectivity index (χ0n) is 10.5. The van der Waals surface area contributed by atoms with Crippen molar-refractivity contribution >= 4 is 21.8 Å². The normalized spacial score (nSPS) is 16.7. The van der Waals surface area contributed by atoms with Gasteiger partial charge in [-0.25, -0.2) is 8.78 Å². The quantitative estimate of drug-likeness (QED) is 0.779. The van der Waals surface area contributed by atoms with Crippen molar-refractivity contribution < 1.29 is 18.3 Å². The number of likely N-dealkylation sites (tertiary alicyclic amines) is 1. The smallest absolute Gasteiger partial charge is 0.256 e. The van der Waals surface area contributed by atoms with Gasteiger partial charge in [0.05, 0.1) is 16.1 Å². The van der Waals surface area contributed by atoms with E-state index in [9.17, 15) is 13.6 Å². The summed E-state index contributed by atoms with van der Waals surface area (Å²) in [5.74, 6) is -1.96. The van der Waals surface area contributed by atoms with Crippen molar-refractivity contribution in [1.82, 2.24) is 4.90 Å². The van der Waals surface area contributed by atoms with Crippen LogP contribution in [0.2, 0.25) is 0 Å². The summed E-state index contributed by atoms with van der Waals surface area (Å²) in [6.45, 7) is 1.04. The minimum Gasteiger partial charge on any atom is -0.381 e. The number of amides is 1. The Labute approximate surface area is 118 Å². The Morgan fingerprint density at radius 3 is 2.53 bits per heavy atom. The summed E-state index contributed by atoms with van der Waals surface area (Å²) in [6.07, 6.45) is 1.60. The van der Waals surface area contributed by atoms with Crippen molar-refractivity contribution in [2.45, 2.75) is 18.9 Å². The minimum atomic E-state index is -0.834. The lowest BCUT2D eigenvalue weighted by molar-refractivity contribution is 0.0348. The summed E-state index contributed by atoms with van der Waals surface area (Å²) in [7, 11) is 1.64. The number of piperidine rings is 1. The number of nitrogens with zero attached hydrogens (tertiary/aromatic N) is 1. The Hall–Kier alpha value is -1.01. The van der Waals surface area contributed by atoms with Crippen molar-refractivity contribution in [3.63, 3.8) is 0 Å². The number of benzene rings is 1. The van der Waals surface area contributed by atoms with Crippen LogP contribution in [0, 0.1) is 11.6 Å². The second kappa shape index (κ2) is 5.96. The average molecular weight is 334 g/mol. The number of hydrogen-bond acceptors (Lipinski definition) is 2. The summed E-state index contributed by atoms with van der Waals surface area (Å²) in [6, 6.07) is 1.91. The third-order valence-corrected chi connectivity index (χ3v) is 3.91. The van der Waals surface area contributed by atoms with Gasteiger partial charge in [-0.2, -0.15) is 0 Å². The average Bonchev–Trinajstić information content (AvgIpc) is 2.42. The Kier molecular flexibility index (Phi) is 4.52. The number of halogens is 3. The molecule has 0 unspecified atom stereocenters. The van der Waals surface area contributed by atoms with Crippen LogP contribution in [0.25, 0.3) is 0 Å². The van der Waals surface area contributed by atoms with E-state index in [-0.39, 0.29) is 16.1 Å². The van der Waals surface area contributed by atoms with Crippen LogP contribution in [0.1, 0.15) is 23.2 Å². The first-order valence-electron chi connectivity index (χ1n) is 5.99. The minimum absolute atomic E-state index is 0.0871. The van der Waals surface area contributed by atoms with Crippen LogP contribution >= 0.6 is 15.9 Å². The number of carbonyl (C=O) groups excluding carboxylic acids is 1. The fourth-order valence-corrected chi connectivity index (χ4v) is 2.49. The Bertz CT molecular complexity index is 488. The van der Waals surface area contributed by atoms with Crippen LogP contribution in [0.3, 0.4) is 0 Å². The fraction of sp³-hybridized carbons (Fsp3) is 0.462. The van der Waals surface area contributed by atoms with Crippen molar-refractivity contribution in [2.75, 3.05) is 20.2 Å². The summed E-state index contributed by atoms with van der Waals surface area (Å²) >= 11 is 2.96. The highest BCUT2D eigenvalue weighted by molar-refractivity contribution is 9.10. The van der Waals surface area contributed by atoms with E-state index in [1.165, 1.54) is 6.07 Å². The van der Waals surface area contributed by atoms with Crippen molar-refractivity contribution in [1.29, 1.82) is 0 Å². The van der Waals surface area contributed by atoms with Crippen LogP contribution in [-0.4, -0.2) is 37.1 Å². The molecule has 0 aromatic heterocycles. The van der Waals surface area contributed by atoms with Gasteiger partial charge in [-0.15, -0.1) is 0 Å². The number of hydrogen-bond donors (Lipinski definition) is 0. The van der Waals surface area contributed by atoms with Crippen molar-refractivity contribution in [3.8, 4) is 0 Å². The van der Waals surface area contributed by atoms with Gasteiger partial charge in [-0.1, -0.05) is 0 Å². The van der Waals surface area contributed by atoms with E-state index in [4.69, 9.17) is 4.74 Å². The summed E-state index contributed by atoms with van der Waals surface area (Å²) in [5, 5.41) is 0. The Balaban J connectivity index is 2.14. The largest absolute Gasteiger partial charge is 0.381 e. The van der Waals surface area contributed by atoms with Crippen LogP contribution in [-0.2, 0) is 4.74 Å². The first-order valence-corrected chi connectivity index (χ1v) is 6.79. The van der Waals surface area contributed by atoms with E-state index < -0.39 is 17.5 Å². The predicted octanol–water partition coefficient (Wildman–Crippen LogP) is 2.98. The summed E-state index contributed by atoms with van der Waals surface area (Å²) in [4.78, 5) is 13.7. The molecule has 0 radical (unpaired) electrons. The van der Waals surface area contributed by atoms with E-state index in [1.54, 1.807) is 12.0 Å². The highest BCUT2D eigenvalue weighted by atomic mass is 79.9. The molecule has 0 atom stereocenters. The summed E-state index contributed by atoms with van der Waals surface area (Å²) < 4.78 is 32.1. The number of carbonyl (C=O) groups is 1. The fourth-order valence-electron chi connectivity index (χ4n) is 2.15. The molecule has 1 aromatic rings. The molecule has 1 heterocycles. The van der Waals surface area contributed by atoms with Gasteiger partial charge >= 0.3 is 0 Å². The lowest BCUT2D eigenvalue weighted by Gasteiger charge is -2.31. The highest BCUT2D eigenvalue weighted by Gasteiger charge is 2.25. The number of rotatable bonds is 2. The first-order chi connectivity index (χ1) is 9.02. The van der Waals surface area contributed by atoms with Crippen molar-refractivity contribution in [3.05, 3.63) is 33.8 Å². The lowest BCUT2D eigenvalue weighted by Crippen LogP contribution is -2.40. The third-order valence-electron chi connectivity index (χ3n) is 3.30. The molecule has 1 saturated heterocycles. The van der Waals surface area contributed by atoms with Crippen LogP contribution in [0.5, 0.6) is 0 Å². The molecule has 0 N–H and O–H groups in total. The van der Waals surface area contributed by atoms with Crippen LogP contribution in [0.15, 0.2) is 16.6 Å². The van der Waals surface area contributed by atoms with Gasteiger partial charge in [0, 0.05) is 26.3 Å². The molecular formula is C13H14BrF2NO2. The molecule has 2 rings (SSSR count). The molecule has 1 aliphatic heterocycles. The van der Waals surface area contributed by atoms with Gasteiger partial charge in [0.2, 0.25) is 0 Å². The predicted molar refractivity (Wildman–Crippen MR) is 70.0 cm³/mol. The van der Waals surface area contributed by atoms with Crippen LogP contribution < -0.4 is 0 Å². The van der Waals surface area contributed by atoms with Gasteiger partial charge in [0.1, 0.15) is 11.6 Å². The molecule has 1 aliphatic rings. The van der Waals surface area contributed by atoms with Crippen molar-refractivity contribution in [2.24, 2.45) is 0 Å². The highest BCUT2D eigenvalue weighted by Crippen LogP contribution is 2.23. The van der Waals surface area contributed by atoms with E-state index >= 15 is 0 Å². The topological polar surface area (TPSA) is 29.5 Å². The number of methoxy groups -OCH3 is 1. The molecule has 1 aromatic carbocycles. The molecule has 104 valence electrons. The molecule has 3 nitrogen and oxygen atoms in total. The van der Waals surface area contributed by atoms with Gasteiger partial charge in [-0.05, 0) is 34.8 Å². The SMILES string of the molecule is COC1CCN(C(=O)c2cc(Br)c(F)cc2F)CC1. The molecule has 1 fully saturated rings. The van der Waals surface area contributed by atoms with Gasteiger partial charge in [0.15, 0.2) is 0 Å². The molecule has 19 heavy (non-hydrogen) atoms. The maximum atomic E-state index is 13.6. The zero-order chi connectivity index (χ0) is 14.0. The van der Waals surface area contributed by atoms with E-state index in [1.807, 2.05) is 0 Å². The maximum Gasteiger partial charge on any atom is 0.256 e. The molecule has 0 spiro atoms. The van der Waals surface area contributed by atoms with Gasteiger partial charge < -0.3 is 9.64 Å². The standard InChI is InChI=1S/C13H14BrF2NO2/c1-19-8-2-4-17(5-3-8)13(18)9-6-10(14)12(16)7-11(9)15/h6-8H,2-5H2,1H3. The monoisotopic (exact) mass is 333 g/mol. The molecule has 0 saturated carbocycles. The third kappa shape index (κ3) is 3.12. The molecular weight excluding hydrogens is 320 g/mol. The first kappa shape index (κ1) is 14.4. The number of ether oxygens (including phenoxy) is 1. The molecule has 6 heteroatoms.